The molecule has 1 amide bonds. The summed E-state index contributed by atoms with van der Waals surface area (Å²) >= 11 is 0. The van der Waals surface area contributed by atoms with Gasteiger partial charge in [-0.05, 0) is 24.6 Å². The van der Waals surface area contributed by atoms with Crippen molar-refractivity contribution in [3.63, 3.8) is 0 Å². The maximum atomic E-state index is 11.8. The molecule has 2 rings (SSSR count). The quantitative estimate of drug-likeness (QED) is 0.875. The van der Waals surface area contributed by atoms with Gasteiger partial charge in [0, 0.05) is 12.2 Å². The van der Waals surface area contributed by atoms with Gasteiger partial charge in [0.15, 0.2) is 0 Å². The molecule has 0 unspecified atom stereocenters. The zero-order valence-electron chi connectivity index (χ0n) is 10.9. The topological polar surface area (TPSA) is 68.0 Å². The average molecular weight is 255 g/mol. The molecule has 1 heterocycles. The van der Waals surface area contributed by atoms with Crippen molar-refractivity contribution in [1.29, 1.82) is 0 Å². The molecule has 0 aliphatic heterocycles. The Morgan fingerprint density at radius 2 is 1.95 bits per heavy atom. The van der Waals surface area contributed by atoms with Crippen LogP contribution in [0.25, 0.3) is 0 Å². The highest BCUT2D eigenvalue weighted by atomic mass is 16.1. The largest absolute Gasteiger partial charge is 0.397 e. The smallest absolute Gasteiger partial charge is 0.226 e. The third-order valence-electron chi connectivity index (χ3n) is 2.80. The Morgan fingerprint density at radius 1 is 1.21 bits per heavy atom. The van der Waals surface area contributed by atoms with E-state index < -0.39 is 0 Å². The summed E-state index contributed by atoms with van der Waals surface area (Å²) in [6.07, 6.45) is 1.83. The van der Waals surface area contributed by atoms with Gasteiger partial charge in [-0.25, -0.2) is 0 Å². The number of rotatable bonds is 4. The Balaban J connectivity index is 1.84. The van der Waals surface area contributed by atoms with Crippen LogP contribution in [0.4, 0.5) is 5.69 Å². The number of carbonyl (C=O) groups is 1. The minimum Gasteiger partial charge on any atom is -0.397 e. The fourth-order valence-electron chi connectivity index (χ4n) is 1.67. The fourth-order valence-corrected chi connectivity index (χ4v) is 1.67. The molecule has 2 aromatic rings. The summed E-state index contributed by atoms with van der Waals surface area (Å²) in [5.41, 5.74) is 9.16. The molecule has 19 heavy (non-hydrogen) atoms. The van der Waals surface area contributed by atoms with Crippen molar-refractivity contribution in [2.45, 2.75) is 19.9 Å². The van der Waals surface area contributed by atoms with Gasteiger partial charge in [0.05, 0.1) is 18.3 Å². The van der Waals surface area contributed by atoms with E-state index in [4.69, 9.17) is 5.73 Å². The summed E-state index contributed by atoms with van der Waals surface area (Å²) in [4.78, 5) is 15.9. The number of pyridine rings is 1. The Kier molecular flexibility index (Phi) is 4.13. The Labute approximate surface area is 112 Å². The lowest BCUT2D eigenvalue weighted by Gasteiger charge is -2.05. The monoisotopic (exact) mass is 255 g/mol. The molecule has 4 heteroatoms. The number of anilines is 1. The highest BCUT2D eigenvalue weighted by Crippen LogP contribution is 2.04. The average Bonchev–Trinajstić information content (AvgIpc) is 2.41. The molecular formula is C15H17N3O. The molecule has 1 aromatic carbocycles. The zero-order valence-corrected chi connectivity index (χ0v) is 10.9. The SMILES string of the molecule is Cc1ccc(CNC(=O)Cc2ccc(N)cn2)cc1. The second-order valence-electron chi connectivity index (χ2n) is 4.52. The standard InChI is InChI=1S/C15H17N3O/c1-11-2-4-12(5-3-11)9-18-15(19)8-14-7-6-13(16)10-17-14/h2-7,10H,8-9,16H2,1H3,(H,18,19). The summed E-state index contributed by atoms with van der Waals surface area (Å²) in [6, 6.07) is 11.6. The van der Waals surface area contributed by atoms with E-state index in [-0.39, 0.29) is 12.3 Å². The van der Waals surface area contributed by atoms with Gasteiger partial charge in [-0.2, -0.15) is 0 Å². The van der Waals surface area contributed by atoms with Crippen LogP contribution in [0.2, 0.25) is 0 Å². The number of nitrogens with zero attached hydrogens (tertiary/aromatic N) is 1. The first-order valence-electron chi connectivity index (χ1n) is 6.16. The summed E-state index contributed by atoms with van der Waals surface area (Å²) in [7, 11) is 0. The number of hydrogen-bond donors (Lipinski definition) is 2. The number of aryl methyl sites for hydroxylation is 1. The number of nitrogens with one attached hydrogen (secondary N) is 1. The summed E-state index contributed by atoms with van der Waals surface area (Å²) in [6.45, 7) is 2.57. The lowest BCUT2D eigenvalue weighted by Crippen LogP contribution is -2.24. The van der Waals surface area contributed by atoms with Gasteiger partial charge in [0.1, 0.15) is 0 Å². The van der Waals surface area contributed by atoms with Crippen molar-refractivity contribution in [3.05, 3.63) is 59.4 Å². The van der Waals surface area contributed by atoms with Crippen molar-refractivity contribution in [3.8, 4) is 0 Å². The van der Waals surface area contributed by atoms with Crippen LogP contribution in [0.15, 0.2) is 42.6 Å². The highest BCUT2D eigenvalue weighted by Gasteiger charge is 2.04. The normalized spacial score (nSPS) is 10.2. The Bertz CT molecular complexity index is 547. The molecule has 4 nitrogen and oxygen atoms in total. The zero-order chi connectivity index (χ0) is 13.7. The van der Waals surface area contributed by atoms with E-state index in [1.54, 1.807) is 18.3 Å². The molecule has 0 saturated carbocycles. The van der Waals surface area contributed by atoms with Gasteiger partial charge in [0.25, 0.3) is 0 Å². The number of nitrogen functional groups attached to an aromatic ring is 1. The number of carbonyl (C=O) groups excluding carboxylic acids is 1. The molecule has 0 bridgehead atoms. The number of hydrogen-bond acceptors (Lipinski definition) is 3. The first-order valence-corrected chi connectivity index (χ1v) is 6.16. The minimum absolute atomic E-state index is 0.0437. The highest BCUT2D eigenvalue weighted by molar-refractivity contribution is 5.78. The van der Waals surface area contributed by atoms with Crippen LogP contribution >= 0.6 is 0 Å². The van der Waals surface area contributed by atoms with Crippen LogP contribution in [0.1, 0.15) is 16.8 Å². The second-order valence-corrected chi connectivity index (χ2v) is 4.52. The Hall–Kier alpha value is -2.36. The van der Waals surface area contributed by atoms with Crippen LogP contribution < -0.4 is 11.1 Å². The van der Waals surface area contributed by atoms with E-state index in [9.17, 15) is 4.79 Å². The first-order chi connectivity index (χ1) is 9.13. The van der Waals surface area contributed by atoms with Gasteiger partial charge in [0.2, 0.25) is 5.91 Å². The number of amides is 1. The van der Waals surface area contributed by atoms with E-state index in [0.29, 0.717) is 12.2 Å². The van der Waals surface area contributed by atoms with Gasteiger partial charge >= 0.3 is 0 Å². The van der Waals surface area contributed by atoms with Crippen LogP contribution in [-0.4, -0.2) is 10.9 Å². The van der Waals surface area contributed by atoms with Crippen molar-refractivity contribution in [2.75, 3.05) is 5.73 Å². The van der Waals surface area contributed by atoms with Crippen molar-refractivity contribution < 1.29 is 4.79 Å². The molecule has 0 radical (unpaired) electrons. The molecule has 0 saturated heterocycles. The lowest BCUT2D eigenvalue weighted by atomic mass is 10.1. The maximum absolute atomic E-state index is 11.8. The molecule has 0 aliphatic rings. The van der Waals surface area contributed by atoms with Crippen LogP contribution in [0, 0.1) is 6.92 Å². The van der Waals surface area contributed by atoms with Crippen molar-refractivity contribution in [1.82, 2.24) is 10.3 Å². The summed E-state index contributed by atoms with van der Waals surface area (Å²) < 4.78 is 0. The van der Waals surface area contributed by atoms with Gasteiger partial charge in [-0.3, -0.25) is 9.78 Å². The van der Waals surface area contributed by atoms with Crippen LogP contribution in [-0.2, 0) is 17.8 Å². The van der Waals surface area contributed by atoms with Gasteiger partial charge in [-0.15, -0.1) is 0 Å². The third kappa shape index (κ3) is 4.10. The van der Waals surface area contributed by atoms with Crippen LogP contribution in [0.3, 0.4) is 0 Å². The Morgan fingerprint density at radius 3 is 2.58 bits per heavy atom. The predicted molar refractivity (Wildman–Crippen MR) is 75.4 cm³/mol. The van der Waals surface area contributed by atoms with Crippen molar-refractivity contribution in [2.24, 2.45) is 0 Å². The summed E-state index contributed by atoms with van der Waals surface area (Å²) in [5, 5.41) is 2.87. The molecule has 0 atom stereocenters. The van der Waals surface area contributed by atoms with Crippen molar-refractivity contribution >= 4 is 11.6 Å². The number of aromatic nitrogens is 1. The molecule has 3 N–H and O–H groups in total. The minimum atomic E-state index is -0.0437. The first kappa shape index (κ1) is 13.1. The molecular weight excluding hydrogens is 238 g/mol. The third-order valence-corrected chi connectivity index (χ3v) is 2.80. The van der Waals surface area contributed by atoms with E-state index in [0.717, 1.165) is 11.3 Å². The van der Waals surface area contributed by atoms with E-state index in [1.807, 2.05) is 31.2 Å². The number of nitrogens with two attached hydrogens (primary N) is 1. The second kappa shape index (κ2) is 6.00. The van der Waals surface area contributed by atoms with E-state index in [2.05, 4.69) is 10.3 Å². The fraction of sp³-hybridized carbons (Fsp3) is 0.200. The lowest BCUT2D eigenvalue weighted by molar-refractivity contribution is -0.120. The molecule has 0 aliphatic carbocycles. The van der Waals surface area contributed by atoms with Gasteiger partial charge < -0.3 is 11.1 Å². The summed E-state index contributed by atoms with van der Waals surface area (Å²) in [5.74, 6) is -0.0437. The molecule has 1 aromatic heterocycles. The number of benzene rings is 1. The molecule has 98 valence electrons. The maximum Gasteiger partial charge on any atom is 0.226 e. The van der Waals surface area contributed by atoms with E-state index in [1.165, 1.54) is 5.56 Å². The van der Waals surface area contributed by atoms with Gasteiger partial charge in [-0.1, -0.05) is 29.8 Å². The predicted octanol–water partition coefficient (Wildman–Crippen LogP) is 1.83. The molecule has 0 fully saturated rings. The molecule has 0 spiro atoms. The van der Waals surface area contributed by atoms with Crippen LogP contribution in [0.5, 0.6) is 0 Å². The van der Waals surface area contributed by atoms with E-state index >= 15 is 0 Å².